The van der Waals surface area contributed by atoms with Gasteiger partial charge >= 0.3 is 0 Å². The smallest absolute Gasteiger partial charge is 0.252 e. The number of halogens is 3. The fraction of sp³-hybridized carbons (Fsp3) is 0.588. The monoisotopic (exact) mass is 360 g/mol. The second kappa shape index (κ2) is 7.82. The number of likely N-dealkylation sites (N-methyl/N-ethyl adjacent to an activating group) is 1. The lowest BCUT2D eigenvalue weighted by atomic mass is 9.88. The Labute approximate surface area is 147 Å². The largest absolute Gasteiger partial charge is 0.350 e. The second-order valence-corrected chi connectivity index (χ2v) is 7.28. The van der Waals surface area contributed by atoms with E-state index in [2.05, 4.69) is 10.2 Å². The maximum absolute atomic E-state index is 13.6. The van der Waals surface area contributed by atoms with Gasteiger partial charge in [-0.2, -0.15) is 0 Å². The quantitative estimate of drug-likeness (QED) is 0.632. The van der Waals surface area contributed by atoms with E-state index in [0.717, 1.165) is 31.7 Å². The number of nitrogens with zero attached hydrogens (tertiary/aromatic N) is 1. The van der Waals surface area contributed by atoms with E-state index < -0.39 is 5.82 Å². The van der Waals surface area contributed by atoms with Crippen LogP contribution in [0.1, 0.15) is 48.9 Å². The molecule has 1 N–H and O–H groups in total. The lowest BCUT2D eigenvalue weighted by Gasteiger charge is -2.39. The summed E-state index contributed by atoms with van der Waals surface area (Å²) in [5.74, 6) is -1.01. The van der Waals surface area contributed by atoms with Gasteiger partial charge in [-0.25, -0.2) is 4.39 Å². The van der Waals surface area contributed by atoms with Gasteiger partial charge < -0.3 is 10.2 Å². The Morgan fingerprint density at radius 3 is 2.35 bits per heavy atom. The van der Waals surface area contributed by atoms with Crippen molar-refractivity contribution in [1.82, 2.24) is 10.2 Å². The van der Waals surface area contributed by atoms with Gasteiger partial charge in [0.2, 0.25) is 0 Å². The number of hydrogen-bond acceptors (Lipinski definition) is 2. The maximum Gasteiger partial charge on any atom is 0.252 e. The summed E-state index contributed by atoms with van der Waals surface area (Å²) in [4.78, 5) is 14.6. The molecular formula is C17H23Cl2FN2O. The van der Waals surface area contributed by atoms with Crippen molar-refractivity contribution in [2.24, 2.45) is 0 Å². The predicted molar refractivity (Wildman–Crippen MR) is 92.9 cm³/mol. The van der Waals surface area contributed by atoms with Crippen LogP contribution < -0.4 is 5.32 Å². The molecule has 0 spiro atoms. The number of hydrogen-bond donors (Lipinski definition) is 1. The van der Waals surface area contributed by atoms with E-state index in [-0.39, 0.29) is 27.1 Å². The highest BCUT2D eigenvalue weighted by molar-refractivity contribution is 6.36. The Kier molecular flexibility index (Phi) is 6.29. The molecule has 0 saturated heterocycles. The van der Waals surface area contributed by atoms with Crippen LogP contribution in [0.3, 0.4) is 0 Å². The Morgan fingerprint density at radius 1 is 1.17 bits per heavy atom. The first-order chi connectivity index (χ1) is 10.9. The first kappa shape index (κ1) is 18.5. The minimum Gasteiger partial charge on any atom is -0.350 e. The molecule has 6 heteroatoms. The van der Waals surface area contributed by atoms with Crippen LogP contribution in [0, 0.1) is 5.82 Å². The second-order valence-electron chi connectivity index (χ2n) is 6.46. The lowest BCUT2D eigenvalue weighted by Crippen LogP contribution is -2.52. The van der Waals surface area contributed by atoms with Crippen molar-refractivity contribution in [3.63, 3.8) is 0 Å². The van der Waals surface area contributed by atoms with Crippen molar-refractivity contribution in [3.05, 3.63) is 33.6 Å². The summed E-state index contributed by atoms with van der Waals surface area (Å²) >= 11 is 11.7. The average molecular weight is 361 g/mol. The standard InChI is InChI=1S/C17H23Cl2FN2O/c1-22(2)17(7-5-3-4-6-8-17)11-21-16(23)12-9-15(20)14(19)10-13(12)18/h9-10H,3-8,11H2,1-2H3,(H,21,23). The molecule has 1 aromatic rings. The summed E-state index contributed by atoms with van der Waals surface area (Å²) < 4.78 is 13.6. The normalized spacial score (nSPS) is 17.8. The van der Waals surface area contributed by atoms with Crippen molar-refractivity contribution in [2.75, 3.05) is 20.6 Å². The first-order valence-electron chi connectivity index (χ1n) is 7.96. The molecule has 0 radical (unpaired) electrons. The zero-order valence-corrected chi connectivity index (χ0v) is 15.1. The molecule has 1 fully saturated rings. The van der Waals surface area contributed by atoms with Gasteiger partial charge in [-0.15, -0.1) is 0 Å². The molecular weight excluding hydrogens is 338 g/mol. The van der Waals surface area contributed by atoms with Gasteiger partial charge in [0.05, 0.1) is 15.6 Å². The minimum absolute atomic E-state index is 0.0520. The highest BCUT2D eigenvalue weighted by Gasteiger charge is 2.33. The third-order valence-corrected chi connectivity index (χ3v) is 5.42. The van der Waals surface area contributed by atoms with E-state index in [1.165, 1.54) is 18.9 Å². The van der Waals surface area contributed by atoms with E-state index in [4.69, 9.17) is 23.2 Å². The molecule has 0 aliphatic heterocycles. The molecule has 0 unspecified atom stereocenters. The maximum atomic E-state index is 13.6. The molecule has 1 aromatic carbocycles. The highest BCUT2D eigenvalue weighted by atomic mass is 35.5. The average Bonchev–Trinajstić information content (AvgIpc) is 2.75. The van der Waals surface area contributed by atoms with Gasteiger partial charge in [-0.05, 0) is 39.1 Å². The summed E-state index contributed by atoms with van der Waals surface area (Å²) in [5.41, 5.74) is 0.0694. The molecule has 23 heavy (non-hydrogen) atoms. The van der Waals surface area contributed by atoms with Crippen LogP contribution in [0.2, 0.25) is 10.0 Å². The number of carbonyl (C=O) groups is 1. The third-order valence-electron chi connectivity index (χ3n) is 4.82. The fourth-order valence-corrected chi connectivity index (χ4v) is 3.67. The summed E-state index contributed by atoms with van der Waals surface area (Å²) in [5, 5.41) is 3.01. The number of amides is 1. The van der Waals surface area contributed by atoms with E-state index in [0.29, 0.717) is 6.54 Å². The Hall–Kier alpha value is -0.840. The van der Waals surface area contributed by atoms with E-state index in [9.17, 15) is 9.18 Å². The summed E-state index contributed by atoms with van der Waals surface area (Å²) in [7, 11) is 4.10. The Balaban J connectivity index is 2.11. The first-order valence-corrected chi connectivity index (χ1v) is 8.71. The van der Waals surface area contributed by atoms with Crippen molar-refractivity contribution >= 4 is 29.1 Å². The number of benzene rings is 1. The van der Waals surface area contributed by atoms with Crippen LogP contribution in [0.4, 0.5) is 4.39 Å². The molecule has 1 aliphatic carbocycles. The summed E-state index contributed by atoms with van der Waals surface area (Å²) in [6, 6.07) is 2.36. The van der Waals surface area contributed by atoms with Gasteiger partial charge in [0.15, 0.2) is 0 Å². The van der Waals surface area contributed by atoms with Gasteiger partial charge in [0.1, 0.15) is 5.82 Å². The molecule has 1 aliphatic rings. The zero-order valence-electron chi connectivity index (χ0n) is 13.6. The number of carbonyl (C=O) groups excluding carboxylic acids is 1. The van der Waals surface area contributed by atoms with Gasteiger partial charge in [0, 0.05) is 12.1 Å². The van der Waals surface area contributed by atoms with Gasteiger partial charge in [0.25, 0.3) is 5.91 Å². The molecule has 0 heterocycles. The van der Waals surface area contributed by atoms with Crippen LogP contribution in [0.15, 0.2) is 12.1 Å². The van der Waals surface area contributed by atoms with Gasteiger partial charge in [-0.1, -0.05) is 48.9 Å². The highest BCUT2D eigenvalue weighted by Crippen LogP contribution is 2.31. The van der Waals surface area contributed by atoms with Crippen LogP contribution in [0.5, 0.6) is 0 Å². The fourth-order valence-electron chi connectivity index (χ4n) is 3.21. The number of nitrogens with one attached hydrogen (secondary N) is 1. The van der Waals surface area contributed by atoms with E-state index in [1.54, 1.807) is 0 Å². The van der Waals surface area contributed by atoms with E-state index in [1.807, 2.05) is 14.1 Å². The lowest BCUT2D eigenvalue weighted by molar-refractivity contribution is 0.0869. The molecule has 1 saturated carbocycles. The Morgan fingerprint density at radius 2 is 1.78 bits per heavy atom. The Bertz CT molecular complexity index is 570. The van der Waals surface area contributed by atoms with Crippen molar-refractivity contribution in [2.45, 2.75) is 44.1 Å². The van der Waals surface area contributed by atoms with E-state index >= 15 is 0 Å². The topological polar surface area (TPSA) is 32.3 Å². The van der Waals surface area contributed by atoms with Crippen LogP contribution in [-0.2, 0) is 0 Å². The van der Waals surface area contributed by atoms with Crippen molar-refractivity contribution in [1.29, 1.82) is 0 Å². The molecule has 1 amide bonds. The third kappa shape index (κ3) is 4.37. The summed E-state index contributed by atoms with van der Waals surface area (Å²) in [6.45, 7) is 0.527. The number of rotatable bonds is 4. The molecule has 0 bridgehead atoms. The van der Waals surface area contributed by atoms with Crippen LogP contribution in [0.25, 0.3) is 0 Å². The van der Waals surface area contributed by atoms with Crippen molar-refractivity contribution < 1.29 is 9.18 Å². The minimum atomic E-state index is -0.641. The van der Waals surface area contributed by atoms with Crippen LogP contribution in [-0.4, -0.2) is 37.0 Å². The van der Waals surface area contributed by atoms with Crippen molar-refractivity contribution in [3.8, 4) is 0 Å². The molecule has 0 aromatic heterocycles. The molecule has 128 valence electrons. The van der Waals surface area contributed by atoms with Gasteiger partial charge in [-0.3, -0.25) is 4.79 Å². The van der Waals surface area contributed by atoms with Crippen LogP contribution >= 0.6 is 23.2 Å². The zero-order chi connectivity index (χ0) is 17.0. The summed E-state index contributed by atoms with van der Waals surface area (Å²) in [6.07, 6.45) is 6.87. The predicted octanol–water partition coefficient (Wildman–Crippen LogP) is 4.52. The molecule has 2 rings (SSSR count). The molecule has 0 atom stereocenters. The molecule has 3 nitrogen and oxygen atoms in total. The SMILES string of the molecule is CN(C)C1(CNC(=O)c2cc(F)c(Cl)cc2Cl)CCCCCC1.